The van der Waals surface area contributed by atoms with Crippen molar-refractivity contribution in [3.05, 3.63) is 52.3 Å². The second kappa shape index (κ2) is 5.61. The van der Waals surface area contributed by atoms with E-state index >= 15 is 0 Å². The van der Waals surface area contributed by atoms with Gasteiger partial charge >= 0.3 is 0 Å². The Kier molecular flexibility index (Phi) is 4.06. The number of halogens is 1. The number of nitrogens with zero attached hydrogens (tertiary/aromatic N) is 2. The molecule has 2 rings (SSSR count). The average molecular weight is 352 g/mol. The second-order valence-electron chi connectivity index (χ2n) is 4.03. The third-order valence-electron chi connectivity index (χ3n) is 2.58. The van der Waals surface area contributed by atoms with E-state index in [1.165, 1.54) is 18.3 Å². The molecule has 0 bridgehead atoms. The number of hydrogen-bond donors (Lipinski definition) is 1. The molecular weight excluding hydrogens is 342 g/mol. The van der Waals surface area contributed by atoms with Crippen LogP contribution in [0, 0.1) is 18.3 Å². The lowest BCUT2D eigenvalue weighted by Gasteiger charge is -2.10. The number of nitriles is 1. The van der Waals surface area contributed by atoms with Crippen molar-refractivity contribution >= 4 is 31.6 Å². The fraction of sp³-hybridized carbons (Fsp3) is 0.0769. The smallest absolute Gasteiger partial charge is 0.264 e. The summed E-state index contributed by atoms with van der Waals surface area (Å²) in [6.45, 7) is 1.85. The lowest BCUT2D eigenvalue weighted by molar-refractivity contribution is 0.600. The normalized spacial score (nSPS) is 10.8. The Morgan fingerprint density at radius 3 is 2.75 bits per heavy atom. The number of aryl methyl sites for hydroxylation is 1. The molecule has 0 saturated carbocycles. The maximum atomic E-state index is 12.3. The summed E-state index contributed by atoms with van der Waals surface area (Å²) in [5, 5.41) is 8.92. The van der Waals surface area contributed by atoms with Gasteiger partial charge < -0.3 is 0 Å². The first-order valence-electron chi connectivity index (χ1n) is 5.58. The number of benzene rings is 1. The van der Waals surface area contributed by atoms with Crippen molar-refractivity contribution in [1.82, 2.24) is 4.98 Å². The lowest BCUT2D eigenvalue weighted by Crippen LogP contribution is -2.15. The predicted molar refractivity (Wildman–Crippen MR) is 78.6 cm³/mol. The van der Waals surface area contributed by atoms with E-state index in [0.29, 0.717) is 5.69 Å². The van der Waals surface area contributed by atoms with E-state index in [2.05, 4.69) is 25.6 Å². The van der Waals surface area contributed by atoms with Gasteiger partial charge in [-0.15, -0.1) is 0 Å². The summed E-state index contributed by atoms with van der Waals surface area (Å²) >= 11 is 3.35. The molecule has 7 heteroatoms. The minimum Gasteiger partial charge on any atom is -0.280 e. The molecule has 0 fully saturated rings. The zero-order valence-electron chi connectivity index (χ0n) is 10.5. The molecule has 0 atom stereocenters. The minimum atomic E-state index is -3.84. The van der Waals surface area contributed by atoms with Crippen LogP contribution in [-0.2, 0) is 10.0 Å². The van der Waals surface area contributed by atoms with E-state index in [0.717, 1.165) is 10.0 Å². The summed E-state index contributed by atoms with van der Waals surface area (Å²) in [5.41, 5.74) is 1.20. The number of pyridine rings is 1. The third kappa shape index (κ3) is 2.98. The summed E-state index contributed by atoms with van der Waals surface area (Å²) in [6.07, 6.45) is 1.38. The Morgan fingerprint density at radius 2 is 2.10 bits per heavy atom. The van der Waals surface area contributed by atoms with Gasteiger partial charge in [0.15, 0.2) is 5.69 Å². The number of hydrogen-bond acceptors (Lipinski definition) is 4. The highest BCUT2D eigenvalue weighted by molar-refractivity contribution is 9.10. The number of sulfonamides is 1. The molecule has 1 N–H and O–H groups in total. The summed E-state index contributed by atoms with van der Waals surface area (Å²) < 4.78 is 27.9. The van der Waals surface area contributed by atoms with Crippen LogP contribution in [0.15, 0.2) is 45.9 Å². The Balaban J connectivity index is 2.41. The van der Waals surface area contributed by atoms with E-state index < -0.39 is 10.0 Å². The van der Waals surface area contributed by atoms with Gasteiger partial charge in [0, 0.05) is 16.4 Å². The Hall–Kier alpha value is -1.91. The van der Waals surface area contributed by atoms with Gasteiger partial charge in [0.05, 0.1) is 0 Å². The van der Waals surface area contributed by atoms with Crippen LogP contribution in [0.2, 0.25) is 0 Å². The molecule has 5 nitrogen and oxygen atoms in total. The molecule has 0 saturated heterocycles. The molecule has 1 heterocycles. The highest BCUT2D eigenvalue weighted by Crippen LogP contribution is 2.23. The van der Waals surface area contributed by atoms with Crippen LogP contribution in [0.25, 0.3) is 0 Å². The number of rotatable bonds is 3. The Labute approximate surface area is 125 Å². The van der Waals surface area contributed by atoms with Gasteiger partial charge in [-0.05, 0) is 42.8 Å². The molecule has 0 amide bonds. The highest BCUT2D eigenvalue weighted by Gasteiger charge is 2.19. The van der Waals surface area contributed by atoms with Crippen LogP contribution in [0.5, 0.6) is 0 Å². The van der Waals surface area contributed by atoms with Crippen LogP contribution in [-0.4, -0.2) is 13.4 Å². The van der Waals surface area contributed by atoms with Crippen molar-refractivity contribution in [2.45, 2.75) is 11.8 Å². The molecule has 0 aliphatic carbocycles. The second-order valence-corrected chi connectivity index (χ2v) is 6.54. The maximum absolute atomic E-state index is 12.3. The summed E-state index contributed by atoms with van der Waals surface area (Å²) in [6, 6.07) is 9.68. The van der Waals surface area contributed by atoms with Gasteiger partial charge in [0.25, 0.3) is 10.0 Å². The van der Waals surface area contributed by atoms with Crippen molar-refractivity contribution in [2.75, 3.05) is 4.72 Å². The standard InChI is InChI=1S/C13H10BrN3O2S/c1-9-7-10(4-5-11(9)14)17-20(18,19)13-3-2-6-16-12(13)8-15/h2-7,17H,1H3. The molecule has 0 spiro atoms. The molecule has 1 aromatic carbocycles. The van der Waals surface area contributed by atoms with Crippen LogP contribution in [0.1, 0.15) is 11.3 Å². The summed E-state index contributed by atoms with van der Waals surface area (Å²) in [4.78, 5) is 3.61. The Morgan fingerprint density at radius 1 is 1.35 bits per heavy atom. The number of anilines is 1. The average Bonchev–Trinajstić information content (AvgIpc) is 2.42. The largest absolute Gasteiger partial charge is 0.280 e. The van der Waals surface area contributed by atoms with Gasteiger partial charge in [-0.2, -0.15) is 5.26 Å². The van der Waals surface area contributed by atoms with Gasteiger partial charge in [-0.25, -0.2) is 13.4 Å². The van der Waals surface area contributed by atoms with E-state index in [1.807, 2.05) is 6.92 Å². The molecule has 0 radical (unpaired) electrons. The first-order chi connectivity index (χ1) is 9.44. The van der Waals surface area contributed by atoms with Gasteiger partial charge in [-0.1, -0.05) is 15.9 Å². The molecule has 0 aliphatic rings. The van der Waals surface area contributed by atoms with Crippen LogP contribution >= 0.6 is 15.9 Å². The van der Waals surface area contributed by atoms with Crippen molar-refractivity contribution in [3.63, 3.8) is 0 Å². The molecule has 0 aliphatic heterocycles. The molecule has 2 aromatic rings. The first kappa shape index (κ1) is 14.5. The SMILES string of the molecule is Cc1cc(NS(=O)(=O)c2cccnc2C#N)ccc1Br. The fourth-order valence-corrected chi connectivity index (χ4v) is 3.01. The summed E-state index contributed by atoms with van der Waals surface area (Å²) in [7, 11) is -3.84. The van der Waals surface area contributed by atoms with E-state index in [4.69, 9.17) is 5.26 Å². The van der Waals surface area contributed by atoms with E-state index in [-0.39, 0.29) is 10.6 Å². The number of aromatic nitrogens is 1. The fourth-order valence-electron chi connectivity index (χ4n) is 1.61. The summed E-state index contributed by atoms with van der Waals surface area (Å²) in [5.74, 6) is 0. The van der Waals surface area contributed by atoms with Crippen molar-refractivity contribution in [2.24, 2.45) is 0 Å². The number of nitrogens with one attached hydrogen (secondary N) is 1. The molecule has 20 heavy (non-hydrogen) atoms. The van der Waals surface area contributed by atoms with Crippen LogP contribution in [0.3, 0.4) is 0 Å². The van der Waals surface area contributed by atoms with Crippen LogP contribution in [0.4, 0.5) is 5.69 Å². The highest BCUT2D eigenvalue weighted by atomic mass is 79.9. The molecule has 0 unspecified atom stereocenters. The van der Waals surface area contributed by atoms with E-state index in [9.17, 15) is 8.42 Å². The van der Waals surface area contributed by atoms with Crippen molar-refractivity contribution in [3.8, 4) is 6.07 Å². The first-order valence-corrected chi connectivity index (χ1v) is 7.86. The predicted octanol–water partition coefficient (Wildman–Crippen LogP) is 2.83. The maximum Gasteiger partial charge on any atom is 0.264 e. The monoisotopic (exact) mass is 351 g/mol. The van der Waals surface area contributed by atoms with Crippen molar-refractivity contribution < 1.29 is 8.42 Å². The molecule has 102 valence electrons. The quantitative estimate of drug-likeness (QED) is 0.921. The molecular formula is C13H10BrN3O2S. The third-order valence-corrected chi connectivity index (χ3v) is 4.88. The zero-order chi connectivity index (χ0) is 14.8. The Bertz CT molecular complexity index is 798. The molecule has 1 aromatic heterocycles. The van der Waals surface area contributed by atoms with Crippen LogP contribution < -0.4 is 4.72 Å². The topological polar surface area (TPSA) is 82.8 Å². The van der Waals surface area contributed by atoms with E-state index in [1.54, 1.807) is 24.3 Å². The van der Waals surface area contributed by atoms with Gasteiger partial charge in [0.2, 0.25) is 0 Å². The zero-order valence-corrected chi connectivity index (χ0v) is 12.9. The van der Waals surface area contributed by atoms with Crippen molar-refractivity contribution in [1.29, 1.82) is 5.26 Å². The lowest BCUT2D eigenvalue weighted by atomic mass is 10.2. The minimum absolute atomic E-state index is 0.131. The van der Waals surface area contributed by atoms with Gasteiger partial charge in [-0.3, -0.25) is 4.72 Å². The van der Waals surface area contributed by atoms with Gasteiger partial charge in [0.1, 0.15) is 11.0 Å².